The molecule has 4 aromatic heterocycles. The number of rotatable bonds is 5. The Bertz CT molecular complexity index is 1510. The molecule has 11 nitrogen and oxygen atoms in total. The second-order valence-corrected chi connectivity index (χ2v) is 8.29. The van der Waals surface area contributed by atoms with E-state index in [-0.39, 0.29) is 51.8 Å². The Labute approximate surface area is 198 Å². The van der Waals surface area contributed by atoms with Crippen molar-refractivity contribution in [3.8, 4) is 11.5 Å². The molecule has 188 valence electrons. The van der Waals surface area contributed by atoms with Crippen molar-refractivity contribution in [1.29, 1.82) is 0 Å². The lowest BCUT2D eigenvalue weighted by molar-refractivity contribution is -0.284. The maximum absolute atomic E-state index is 13.5. The number of carbonyl (C=O) groups is 1. The van der Waals surface area contributed by atoms with Gasteiger partial charge in [0.05, 0.1) is 11.3 Å². The van der Waals surface area contributed by atoms with E-state index in [9.17, 15) is 26.7 Å². The quantitative estimate of drug-likeness (QED) is 0.387. The van der Waals surface area contributed by atoms with Crippen molar-refractivity contribution in [2.45, 2.75) is 44.2 Å². The summed E-state index contributed by atoms with van der Waals surface area (Å²) in [5.74, 6) is -5.44. The van der Waals surface area contributed by atoms with Gasteiger partial charge in [0.15, 0.2) is 16.9 Å². The number of fused-ring (bicyclic) bond motifs is 2. The molecule has 1 aliphatic heterocycles. The highest BCUT2D eigenvalue weighted by atomic mass is 19.4. The number of halogens is 5. The third-order valence-electron chi connectivity index (χ3n) is 5.84. The Morgan fingerprint density at radius 3 is 2.58 bits per heavy atom. The van der Waals surface area contributed by atoms with E-state index in [1.54, 1.807) is 6.92 Å². The fraction of sp³-hybridized carbons (Fsp3) is 0.350. The summed E-state index contributed by atoms with van der Waals surface area (Å²) < 4.78 is 71.9. The van der Waals surface area contributed by atoms with E-state index in [0.29, 0.717) is 0 Å². The number of hydrogen-bond donors (Lipinski definition) is 2. The summed E-state index contributed by atoms with van der Waals surface area (Å²) in [6, 6.07) is 0. The van der Waals surface area contributed by atoms with Gasteiger partial charge in [-0.1, -0.05) is 0 Å². The first kappa shape index (κ1) is 23.5. The van der Waals surface area contributed by atoms with Crippen LogP contribution in [0.3, 0.4) is 0 Å². The van der Waals surface area contributed by atoms with Gasteiger partial charge in [-0.15, -0.1) is 10.2 Å². The van der Waals surface area contributed by atoms with E-state index in [2.05, 4.69) is 35.5 Å². The van der Waals surface area contributed by atoms with Crippen LogP contribution in [0.4, 0.5) is 33.6 Å². The van der Waals surface area contributed by atoms with Crippen molar-refractivity contribution in [3.05, 3.63) is 41.6 Å². The predicted molar refractivity (Wildman–Crippen MR) is 112 cm³/mol. The zero-order valence-electron chi connectivity index (χ0n) is 18.6. The van der Waals surface area contributed by atoms with Crippen LogP contribution in [0, 0.1) is 6.92 Å². The smallest absolute Gasteiger partial charge is 0.424 e. The number of nitrogen functional groups attached to an aromatic ring is 1. The Kier molecular flexibility index (Phi) is 4.98. The monoisotopic (exact) mass is 509 g/mol. The third kappa shape index (κ3) is 3.51. The number of aromatic nitrogens is 7. The van der Waals surface area contributed by atoms with Crippen LogP contribution in [-0.2, 0) is 16.6 Å². The number of carbonyl (C=O) groups excluding carboxylic acids is 1. The summed E-state index contributed by atoms with van der Waals surface area (Å²) in [5.41, 5.74) is 4.87. The lowest BCUT2D eigenvalue weighted by Gasteiger charge is -2.19. The SMILES string of the molecule is Cc1nnc(C2(C)C(=O)Nc3nc(-c4cn5ccnc5c(CCC(F)(F)C(F)(F)F)n4)nc(N)c32)o1. The summed E-state index contributed by atoms with van der Waals surface area (Å²) in [7, 11) is 0. The molecule has 16 heteroatoms. The van der Waals surface area contributed by atoms with Gasteiger partial charge in [-0.2, -0.15) is 22.0 Å². The number of alkyl halides is 5. The standard InChI is InChI=1S/C20H16F5N9O2/c1-8-32-33-17(36-8)18(2)11-12(26)29-13(30-14(11)31-16(18)35)10-7-34-6-5-27-15(34)9(28-10)3-4-19(21,22)20(23,24)25/h5-7H,3-4H2,1-2H3,(H3,26,29,30,31,35). The van der Waals surface area contributed by atoms with Crippen molar-refractivity contribution in [2.75, 3.05) is 11.1 Å². The molecule has 1 unspecified atom stereocenters. The van der Waals surface area contributed by atoms with Crippen LogP contribution in [0.1, 0.15) is 36.4 Å². The Hall–Kier alpha value is -4.24. The number of aryl methyl sites for hydroxylation is 2. The summed E-state index contributed by atoms with van der Waals surface area (Å²) in [6.07, 6.45) is -3.75. The Morgan fingerprint density at radius 1 is 1.17 bits per heavy atom. The van der Waals surface area contributed by atoms with E-state index < -0.39 is 36.3 Å². The van der Waals surface area contributed by atoms with Crippen LogP contribution in [0.25, 0.3) is 17.2 Å². The molecule has 1 amide bonds. The third-order valence-corrected chi connectivity index (χ3v) is 5.84. The highest BCUT2D eigenvalue weighted by Gasteiger charge is 2.56. The number of hydrogen-bond acceptors (Lipinski definition) is 9. The largest absolute Gasteiger partial charge is 0.453 e. The Morgan fingerprint density at radius 2 is 1.92 bits per heavy atom. The van der Waals surface area contributed by atoms with E-state index in [1.165, 1.54) is 29.9 Å². The molecule has 0 aliphatic carbocycles. The molecular formula is C20H16F5N9O2. The Balaban J connectivity index is 1.57. The molecule has 0 saturated heterocycles. The van der Waals surface area contributed by atoms with Crippen LogP contribution in [0.2, 0.25) is 0 Å². The molecular weight excluding hydrogens is 493 g/mol. The van der Waals surface area contributed by atoms with Gasteiger partial charge in [0.25, 0.3) is 0 Å². The van der Waals surface area contributed by atoms with E-state index in [4.69, 9.17) is 10.2 Å². The van der Waals surface area contributed by atoms with Crippen molar-refractivity contribution in [2.24, 2.45) is 0 Å². The molecule has 0 aromatic carbocycles. The van der Waals surface area contributed by atoms with Crippen LogP contribution in [0.5, 0.6) is 0 Å². The minimum atomic E-state index is -5.70. The van der Waals surface area contributed by atoms with Gasteiger partial charge in [0.2, 0.25) is 17.7 Å². The fourth-order valence-electron chi connectivity index (χ4n) is 3.91. The number of nitrogens with two attached hydrogens (primary N) is 1. The van der Waals surface area contributed by atoms with Gasteiger partial charge in [0.1, 0.15) is 17.3 Å². The first-order chi connectivity index (χ1) is 16.8. The summed E-state index contributed by atoms with van der Waals surface area (Å²) in [5, 5.41) is 10.2. The van der Waals surface area contributed by atoms with Crippen molar-refractivity contribution in [3.63, 3.8) is 0 Å². The van der Waals surface area contributed by atoms with Gasteiger partial charge in [0, 0.05) is 31.9 Å². The van der Waals surface area contributed by atoms with Gasteiger partial charge >= 0.3 is 12.1 Å². The van der Waals surface area contributed by atoms with Gasteiger partial charge in [-0.25, -0.2) is 19.9 Å². The first-order valence-corrected chi connectivity index (χ1v) is 10.4. The zero-order valence-corrected chi connectivity index (χ0v) is 18.6. The van der Waals surface area contributed by atoms with Gasteiger partial charge in [-0.3, -0.25) is 4.79 Å². The molecule has 1 atom stereocenters. The zero-order chi connectivity index (χ0) is 26.0. The first-order valence-electron chi connectivity index (χ1n) is 10.4. The number of nitrogens with one attached hydrogen (secondary N) is 1. The molecule has 36 heavy (non-hydrogen) atoms. The summed E-state index contributed by atoms with van der Waals surface area (Å²) in [4.78, 5) is 29.6. The predicted octanol–water partition coefficient (Wildman–Crippen LogP) is 2.85. The highest BCUT2D eigenvalue weighted by molar-refractivity contribution is 6.08. The number of nitrogens with zero attached hydrogens (tertiary/aromatic N) is 7. The van der Waals surface area contributed by atoms with E-state index in [0.717, 1.165) is 0 Å². The van der Waals surface area contributed by atoms with Gasteiger partial charge < -0.3 is 19.9 Å². The van der Waals surface area contributed by atoms with Crippen molar-refractivity contribution in [1.82, 2.24) is 34.5 Å². The molecule has 4 aromatic rings. The van der Waals surface area contributed by atoms with Crippen molar-refractivity contribution >= 4 is 23.2 Å². The minimum Gasteiger partial charge on any atom is -0.424 e. The molecule has 0 bridgehead atoms. The summed E-state index contributed by atoms with van der Waals surface area (Å²) in [6.45, 7) is 3.06. The molecule has 3 N–H and O–H groups in total. The number of amides is 1. The lowest BCUT2D eigenvalue weighted by atomic mass is 9.84. The normalized spacial score (nSPS) is 18.0. The number of anilines is 2. The van der Waals surface area contributed by atoms with Crippen LogP contribution >= 0.6 is 0 Å². The lowest BCUT2D eigenvalue weighted by Crippen LogP contribution is -2.36. The number of imidazole rings is 1. The minimum absolute atomic E-state index is 0.0109. The highest BCUT2D eigenvalue weighted by Crippen LogP contribution is 2.44. The van der Waals surface area contributed by atoms with Crippen LogP contribution in [0.15, 0.2) is 23.0 Å². The molecule has 0 saturated carbocycles. The maximum Gasteiger partial charge on any atom is 0.453 e. The molecule has 5 heterocycles. The van der Waals surface area contributed by atoms with E-state index in [1.807, 2.05) is 0 Å². The second kappa shape index (κ2) is 7.63. The van der Waals surface area contributed by atoms with Gasteiger partial charge in [-0.05, 0) is 13.3 Å². The molecule has 0 fully saturated rings. The molecule has 5 rings (SSSR count). The second-order valence-electron chi connectivity index (χ2n) is 8.29. The van der Waals surface area contributed by atoms with Crippen molar-refractivity contribution < 1.29 is 31.2 Å². The fourth-order valence-corrected chi connectivity index (χ4v) is 3.91. The topological polar surface area (TPSA) is 150 Å². The van der Waals surface area contributed by atoms with Crippen LogP contribution in [-0.4, -0.2) is 52.5 Å². The van der Waals surface area contributed by atoms with Crippen LogP contribution < -0.4 is 11.1 Å². The molecule has 0 spiro atoms. The summed E-state index contributed by atoms with van der Waals surface area (Å²) >= 11 is 0. The average molecular weight is 509 g/mol. The molecule has 1 aliphatic rings. The maximum atomic E-state index is 13.5. The van der Waals surface area contributed by atoms with E-state index >= 15 is 0 Å². The molecule has 0 radical (unpaired) electrons. The average Bonchev–Trinajstić information content (AvgIpc) is 3.50.